The van der Waals surface area contributed by atoms with Crippen molar-refractivity contribution in [3.63, 3.8) is 0 Å². The Balaban J connectivity index is 1.39. The SMILES string of the molecule is O=C1[C@@H](Cc2ccc(F)cc2Cl)[C@H](O)CN1C12CC3CC(CC(C3)C1)C2. The van der Waals surface area contributed by atoms with Gasteiger partial charge in [0.05, 0.1) is 12.0 Å². The molecule has 0 radical (unpaired) electrons. The van der Waals surface area contributed by atoms with Crippen molar-refractivity contribution in [2.45, 2.75) is 56.6 Å². The molecule has 2 atom stereocenters. The van der Waals surface area contributed by atoms with Crippen LogP contribution in [0.25, 0.3) is 0 Å². The average Bonchev–Trinajstić information content (AvgIpc) is 2.85. The highest BCUT2D eigenvalue weighted by Crippen LogP contribution is 2.58. The van der Waals surface area contributed by atoms with Gasteiger partial charge in [0, 0.05) is 17.1 Å². The van der Waals surface area contributed by atoms with Gasteiger partial charge >= 0.3 is 0 Å². The Morgan fingerprint density at radius 1 is 1.15 bits per heavy atom. The summed E-state index contributed by atoms with van der Waals surface area (Å²) in [7, 11) is 0. The van der Waals surface area contributed by atoms with Crippen molar-refractivity contribution in [2.24, 2.45) is 23.7 Å². The lowest BCUT2D eigenvalue weighted by atomic mass is 9.52. The van der Waals surface area contributed by atoms with Crippen molar-refractivity contribution in [2.75, 3.05) is 6.54 Å². The number of rotatable bonds is 3. The molecule has 1 aliphatic heterocycles. The minimum Gasteiger partial charge on any atom is -0.390 e. The number of likely N-dealkylation sites (tertiary alicyclic amines) is 1. The van der Waals surface area contributed by atoms with Crippen LogP contribution in [0.15, 0.2) is 18.2 Å². The predicted octanol–water partition coefficient (Wildman–Crippen LogP) is 3.81. The van der Waals surface area contributed by atoms with Gasteiger partial charge in [0.15, 0.2) is 0 Å². The summed E-state index contributed by atoms with van der Waals surface area (Å²) >= 11 is 6.15. The molecule has 1 saturated heterocycles. The predicted molar refractivity (Wildman–Crippen MR) is 97.2 cm³/mol. The average molecular weight is 378 g/mol. The summed E-state index contributed by atoms with van der Waals surface area (Å²) in [5.41, 5.74) is 0.714. The maximum Gasteiger partial charge on any atom is 0.229 e. The Morgan fingerprint density at radius 2 is 1.77 bits per heavy atom. The smallest absolute Gasteiger partial charge is 0.229 e. The summed E-state index contributed by atoms with van der Waals surface area (Å²) < 4.78 is 13.3. The van der Waals surface area contributed by atoms with Crippen molar-refractivity contribution in [1.82, 2.24) is 4.90 Å². The van der Waals surface area contributed by atoms with Gasteiger partial charge in [-0.15, -0.1) is 0 Å². The lowest BCUT2D eigenvalue weighted by Crippen LogP contribution is -2.60. The van der Waals surface area contributed by atoms with Gasteiger partial charge < -0.3 is 10.0 Å². The van der Waals surface area contributed by atoms with Crippen LogP contribution >= 0.6 is 11.6 Å². The van der Waals surface area contributed by atoms with Gasteiger partial charge in [-0.05, 0) is 80.4 Å². The summed E-state index contributed by atoms with van der Waals surface area (Å²) in [5.74, 6) is 1.50. The van der Waals surface area contributed by atoms with E-state index in [9.17, 15) is 14.3 Å². The van der Waals surface area contributed by atoms with Gasteiger partial charge in [-0.3, -0.25) is 4.79 Å². The fraction of sp³-hybridized carbons (Fsp3) is 0.667. The topological polar surface area (TPSA) is 40.5 Å². The third kappa shape index (κ3) is 2.60. The van der Waals surface area contributed by atoms with Gasteiger partial charge in [0.25, 0.3) is 0 Å². The van der Waals surface area contributed by atoms with Crippen LogP contribution in [-0.2, 0) is 11.2 Å². The molecule has 5 aliphatic rings. The first-order valence-electron chi connectivity index (χ1n) is 9.87. The highest BCUT2D eigenvalue weighted by Gasteiger charge is 2.57. The summed E-state index contributed by atoms with van der Waals surface area (Å²) in [5, 5.41) is 11.0. The van der Waals surface area contributed by atoms with E-state index in [2.05, 4.69) is 0 Å². The molecule has 4 aliphatic carbocycles. The van der Waals surface area contributed by atoms with Gasteiger partial charge in [0.2, 0.25) is 5.91 Å². The number of amides is 1. The molecule has 1 heterocycles. The molecule has 0 unspecified atom stereocenters. The molecule has 3 nitrogen and oxygen atoms in total. The number of hydrogen-bond acceptors (Lipinski definition) is 2. The van der Waals surface area contributed by atoms with Crippen LogP contribution in [0.1, 0.15) is 44.1 Å². The van der Waals surface area contributed by atoms with Crippen LogP contribution in [-0.4, -0.2) is 34.1 Å². The standard InChI is InChI=1S/C21H25ClFNO2/c22-18-7-16(23)2-1-15(18)6-17-19(25)11-24(20(17)26)21-8-12-3-13(9-21)5-14(4-12)10-21/h1-2,7,12-14,17,19,25H,3-6,8-11H2/t12?,13?,14?,17-,19+,21?/m0/s1. The molecule has 5 heteroatoms. The molecule has 1 N–H and O–H groups in total. The summed E-state index contributed by atoms with van der Waals surface area (Å²) in [4.78, 5) is 15.3. The van der Waals surface area contributed by atoms with E-state index in [-0.39, 0.29) is 17.3 Å². The second-order valence-electron chi connectivity index (χ2n) is 9.20. The number of β-amino-alcohol motifs (C(OH)–C–C–N with tert-alkyl or cyclic N) is 1. The number of nitrogens with zero attached hydrogens (tertiary/aromatic N) is 1. The molecule has 4 bridgehead atoms. The molecule has 5 fully saturated rings. The van der Waals surface area contributed by atoms with Crippen LogP contribution in [0.4, 0.5) is 4.39 Å². The van der Waals surface area contributed by atoms with E-state index < -0.39 is 12.0 Å². The van der Waals surface area contributed by atoms with Crippen LogP contribution in [0.3, 0.4) is 0 Å². The molecule has 1 aromatic carbocycles. The van der Waals surface area contributed by atoms with E-state index in [4.69, 9.17) is 11.6 Å². The summed E-state index contributed by atoms with van der Waals surface area (Å²) in [6, 6.07) is 4.27. The van der Waals surface area contributed by atoms with Crippen molar-refractivity contribution in [3.05, 3.63) is 34.6 Å². The molecule has 1 aromatic rings. The van der Waals surface area contributed by atoms with Crippen LogP contribution in [0.5, 0.6) is 0 Å². The third-order valence-electron chi connectivity index (χ3n) is 7.45. The monoisotopic (exact) mass is 377 g/mol. The minimum absolute atomic E-state index is 0.0197. The highest BCUT2D eigenvalue weighted by molar-refractivity contribution is 6.31. The van der Waals surface area contributed by atoms with Crippen molar-refractivity contribution in [1.29, 1.82) is 0 Å². The first kappa shape index (κ1) is 17.0. The van der Waals surface area contributed by atoms with Gasteiger partial charge in [-0.25, -0.2) is 4.39 Å². The Bertz CT molecular complexity index is 716. The Hall–Kier alpha value is -1.13. The van der Waals surface area contributed by atoms with E-state index in [0.29, 0.717) is 18.0 Å². The van der Waals surface area contributed by atoms with Gasteiger partial charge in [0.1, 0.15) is 5.82 Å². The Morgan fingerprint density at radius 3 is 2.35 bits per heavy atom. The van der Waals surface area contributed by atoms with Crippen LogP contribution in [0.2, 0.25) is 5.02 Å². The zero-order valence-electron chi connectivity index (χ0n) is 14.8. The van der Waals surface area contributed by atoms with Crippen LogP contribution in [0, 0.1) is 29.5 Å². The highest BCUT2D eigenvalue weighted by atomic mass is 35.5. The lowest BCUT2D eigenvalue weighted by Gasteiger charge is -2.59. The number of aliphatic hydroxyl groups excluding tert-OH is 1. The third-order valence-corrected chi connectivity index (χ3v) is 7.80. The van der Waals surface area contributed by atoms with Gasteiger partial charge in [-0.1, -0.05) is 17.7 Å². The number of aliphatic hydroxyl groups is 1. The van der Waals surface area contributed by atoms with Crippen molar-refractivity contribution in [3.8, 4) is 0 Å². The zero-order valence-corrected chi connectivity index (χ0v) is 15.6. The second-order valence-corrected chi connectivity index (χ2v) is 9.61. The minimum atomic E-state index is -0.670. The molecule has 4 saturated carbocycles. The molecule has 6 rings (SSSR count). The van der Waals surface area contributed by atoms with E-state index in [0.717, 1.165) is 42.6 Å². The number of benzene rings is 1. The largest absolute Gasteiger partial charge is 0.390 e. The fourth-order valence-corrected chi connectivity index (χ4v) is 6.98. The summed E-state index contributed by atoms with van der Waals surface area (Å²) in [6.45, 7) is 0.439. The maximum absolute atomic E-state index is 13.3. The fourth-order valence-electron chi connectivity index (χ4n) is 6.74. The first-order chi connectivity index (χ1) is 12.4. The molecule has 0 aromatic heterocycles. The molecule has 0 spiro atoms. The molecular formula is C21H25ClFNO2. The number of carbonyl (C=O) groups is 1. The lowest BCUT2D eigenvalue weighted by molar-refractivity contribution is -0.147. The first-order valence-corrected chi connectivity index (χ1v) is 10.2. The van der Waals surface area contributed by atoms with E-state index in [1.807, 2.05) is 4.90 Å². The Labute approximate surface area is 158 Å². The summed E-state index contributed by atoms with van der Waals surface area (Å²) in [6.07, 6.45) is 7.04. The number of carbonyl (C=O) groups excluding carboxylic acids is 1. The molecule has 1 amide bonds. The Kier molecular flexibility index (Phi) is 3.88. The zero-order chi connectivity index (χ0) is 18.1. The molecular weight excluding hydrogens is 353 g/mol. The normalized spacial score (nSPS) is 41.3. The molecule has 26 heavy (non-hydrogen) atoms. The quantitative estimate of drug-likeness (QED) is 0.870. The van der Waals surface area contributed by atoms with Crippen molar-refractivity contribution < 1.29 is 14.3 Å². The van der Waals surface area contributed by atoms with E-state index in [1.54, 1.807) is 6.07 Å². The maximum atomic E-state index is 13.3. The van der Waals surface area contributed by atoms with E-state index in [1.165, 1.54) is 31.4 Å². The van der Waals surface area contributed by atoms with Crippen LogP contribution < -0.4 is 0 Å². The second kappa shape index (κ2) is 5.93. The van der Waals surface area contributed by atoms with Crippen molar-refractivity contribution >= 4 is 17.5 Å². The number of hydrogen-bond donors (Lipinski definition) is 1. The number of halogens is 2. The van der Waals surface area contributed by atoms with E-state index >= 15 is 0 Å². The van der Waals surface area contributed by atoms with Gasteiger partial charge in [-0.2, -0.15) is 0 Å². The molecule has 140 valence electrons.